The second kappa shape index (κ2) is 10.6. The van der Waals surface area contributed by atoms with Gasteiger partial charge in [0.1, 0.15) is 0 Å². The lowest BCUT2D eigenvalue weighted by molar-refractivity contribution is -0.137. The summed E-state index contributed by atoms with van der Waals surface area (Å²) in [5.41, 5.74) is 1.91. The van der Waals surface area contributed by atoms with Gasteiger partial charge in [-0.15, -0.1) is 0 Å². The van der Waals surface area contributed by atoms with E-state index in [9.17, 15) is 14.4 Å². The molecule has 0 aromatic heterocycles. The van der Waals surface area contributed by atoms with Crippen LogP contribution < -0.4 is 5.32 Å². The third kappa shape index (κ3) is 5.81. The minimum absolute atomic E-state index is 0.0846. The zero-order valence-electron chi connectivity index (χ0n) is 18.1. The van der Waals surface area contributed by atoms with Gasteiger partial charge in [0.15, 0.2) is 0 Å². The summed E-state index contributed by atoms with van der Waals surface area (Å²) in [7, 11) is 1.33. The van der Waals surface area contributed by atoms with Gasteiger partial charge in [0.05, 0.1) is 19.2 Å². The first-order valence-electron chi connectivity index (χ1n) is 11.0. The lowest BCUT2D eigenvalue weighted by Crippen LogP contribution is -2.44. The van der Waals surface area contributed by atoms with Crippen molar-refractivity contribution in [1.82, 2.24) is 9.80 Å². The molecule has 164 valence electrons. The number of benzene rings is 1. The van der Waals surface area contributed by atoms with Gasteiger partial charge < -0.3 is 15.0 Å². The number of rotatable bonds is 5. The van der Waals surface area contributed by atoms with Gasteiger partial charge in [-0.05, 0) is 63.4 Å². The van der Waals surface area contributed by atoms with Gasteiger partial charge in [0, 0.05) is 24.7 Å². The van der Waals surface area contributed by atoms with E-state index in [-0.39, 0.29) is 18.4 Å². The highest BCUT2D eigenvalue weighted by Crippen LogP contribution is 2.22. The van der Waals surface area contributed by atoms with Crippen LogP contribution in [0.2, 0.25) is 0 Å². The number of ether oxygens (including phenoxy) is 1. The summed E-state index contributed by atoms with van der Waals surface area (Å²) in [5, 5.41) is 2.91. The Hall–Kier alpha value is -2.41. The minimum Gasteiger partial charge on any atom is -0.465 e. The van der Waals surface area contributed by atoms with Gasteiger partial charge in [-0.3, -0.25) is 14.5 Å². The molecule has 30 heavy (non-hydrogen) atoms. The molecule has 2 saturated heterocycles. The van der Waals surface area contributed by atoms with Crippen LogP contribution in [0.4, 0.5) is 5.69 Å². The Labute approximate surface area is 178 Å². The number of aryl methyl sites for hydroxylation is 1. The maximum absolute atomic E-state index is 12.8. The summed E-state index contributed by atoms with van der Waals surface area (Å²) >= 11 is 0. The van der Waals surface area contributed by atoms with E-state index in [0.29, 0.717) is 17.2 Å². The van der Waals surface area contributed by atoms with E-state index in [1.807, 2.05) is 6.92 Å². The van der Waals surface area contributed by atoms with Crippen LogP contribution in [0, 0.1) is 12.8 Å². The molecule has 0 radical (unpaired) electrons. The number of likely N-dealkylation sites (tertiary alicyclic amines) is 2. The van der Waals surface area contributed by atoms with E-state index in [2.05, 4.69) is 15.1 Å². The number of esters is 1. The van der Waals surface area contributed by atoms with Gasteiger partial charge in [0.2, 0.25) is 11.8 Å². The van der Waals surface area contributed by atoms with Crippen molar-refractivity contribution in [2.24, 2.45) is 5.92 Å². The second-order valence-electron chi connectivity index (χ2n) is 8.36. The van der Waals surface area contributed by atoms with Gasteiger partial charge in [-0.1, -0.05) is 18.9 Å². The van der Waals surface area contributed by atoms with Crippen molar-refractivity contribution in [2.75, 3.05) is 45.2 Å². The molecular weight excluding hydrogens is 382 g/mol. The number of carbonyl (C=O) groups excluding carboxylic acids is 3. The topological polar surface area (TPSA) is 79.0 Å². The molecular formula is C23H33N3O4. The molecule has 2 amide bonds. The molecule has 3 rings (SSSR count). The highest BCUT2D eigenvalue weighted by Gasteiger charge is 2.29. The minimum atomic E-state index is -0.429. The fourth-order valence-electron chi connectivity index (χ4n) is 4.28. The first-order chi connectivity index (χ1) is 14.5. The van der Waals surface area contributed by atoms with Gasteiger partial charge in [-0.2, -0.15) is 0 Å². The van der Waals surface area contributed by atoms with Crippen molar-refractivity contribution in [2.45, 2.75) is 45.4 Å². The summed E-state index contributed by atoms with van der Waals surface area (Å²) in [4.78, 5) is 41.2. The summed E-state index contributed by atoms with van der Waals surface area (Å²) in [6.45, 7) is 5.46. The number of hydrogen-bond acceptors (Lipinski definition) is 5. The third-order valence-electron chi connectivity index (χ3n) is 6.15. The van der Waals surface area contributed by atoms with Crippen LogP contribution in [0.5, 0.6) is 0 Å². The second-order valence-corrected chi connectivity index (χ2v) is 8.36. The van der Waals surface area contributed by atoms with Gasteiger partial charge >= 0.3 is 5.97 Å². The Balaban J connectivity index is 1.48. The highest BCUT2D eigenvalue weighted by atomic mass is 16.5. The quantitative estimate of drug-likeness (QED) is 0.748. The Bertz CT molecular complexity index is 764. The number of nitrogens with one attached hydrogen (secondary N) is 1. The average Bonchev–Trinajstić information content (AvgIpc) is 3.04. The number of methoxy groups -OCH3 is 1. The van der Waals surface area contributed by atoms with Crippen molar-refractivity contribution >= 4 is 23.5 Å². The van der Waals surface area contributed by atoms with Gasteiger partial charge in [0.25, 0.3) is 0 Å². The predicted octanol–water partition coefficient (Wildman–Crippen LogP) is 2.83. The summed E-state index contributed by atoms with van der Waals surface area (Å²) < 4.78 is 4.75. The van der Waals surface area contributed by atoms with Crippen LogP contribution in [0.25, 0.3) is 0 Å². The molecule has 0 saturated carbocycles. The molecule has 2 aliphatic rings. The SMILES string of the molecule is COC(=O)c1ccc(C)c(NC(=O)CN2CCC(C(=O)N3CCCCCC3)CC2)c1. The average molecular weight is 416 g/mol. The molecule has 0 aliphatic carbocycles. The van der Waals surface area contributed by atoms with Crippen molar-refractivity contribution in [1.29, 1.82) is 0 Å². The van der Waals surface area contributed by atoms with Crippen molar-refractivity contribution in [3.05, 3.63) is 29.3 Å². The van der Waals surface area contributed by atoms with Crippen LogP contribution in [0.1, 0.15) is 54.4 Å². The van der Waals surface area contributed by atoms with Crippen LogP contribution in [0.3, 0.4) is 0 Å². The number of hydrogen-bond donors (Lipinski definition) is 1. The fourth-order valence-corrected chi connectivity index (χ4v) is 4.28. The first kappa shape index (κ1) is 22.3. The summed E-state index contributed by atoms with van der Waals surface area (Å²) in [5.74, 6) is -0.156. The van der Waals surface area contributed by atoms with Crippen molar-refractivity contribution in [3.63, 3.8) is 0 Å². The molecule has 0 spiro atoms. The largest absolute Gasteiger partial charge is 0.465 e. The van der Waals surface area contributed by atoms with E-state index in [0.717, 1.165) is 57.4 Å². The lowest BCUT2D eigenvalue weighted by Gasteiger charge is -2.33. The molecule has 2 heterocycles. The van der Waals surface area contributed by atoms with Crippen molar-refractivity contribution in [3.8, 4) is 0 Å². The Morgan fingerprint density at radius 1 is 1.03 bits per heavy atom. The highest BCUT2D eigenvalue weighted by molar-refractivity contribution is 5.96. The molecule has 0 atom stereocenters. The number of carbonyl (C=O) groups is 3. The van der Waals surface area contributed by atoms with E-state index < -0.39 is 5.97 Å². The molecule has 0 unspecified atom stereocenters. The van der Waals surface area contributed by atoms with E-state index in [1.165, 1.54) is 20.0 Å². The van der Waals surface area contributed by atoms with Crippen molar-refractivity contribution < 1.29 is 19.1 Å². The molecule has 7 nitrogen and oxygen atoms in total. The normalized spacial score (nSPS) is 18.5. The van der Waals surface area contributed by atoms with Gasteiger partial charge in [-0.25, -0.2) is 4.79 Å². The fraction of sp³-hybridized carbons (Fsp3) is 0.609. The predicted molar refractivity (Wildman–Crippen MR) is 115 cm³/mol. The summed E-state index contributed by atoms with van der Waals surface area (Å²) in [6.07, 6.45) is 6.28. The molecule has 2 fully saturated rings. The Morgan fingerprint density at radius 3 is 2.33 bits per heavy atom. The molecule has 1 N–H and O–H groups in total. The van der Waals surface area contributed by atoms with E-state index in [4.69, 9.17) is 4.74 Å². The zero-order valence-corrected chi connectivity index (χ0v) is 18.1. The maximum atomic E-state index is 12.8. The molecule has 1 aromatic rings. The number of amides is 2. The smallest absolute Gasteiger partial charge is 0.337 e. The molecule has 7 heteroatoms. The van der Waals surface area contributed by atoms with Crippen LogP contribution in [-0.4, -0.2) is 67.4 Å². The lowest BCUT2D eigenvalue weighted by atomic mass is 9.95. The van der Waals surface area contributed by atoms with Crippen LogP contribution in [0.15, 0.2) is 18.2 Å². The number of piperidine rings is 1. The van der Waals surface area contributed by atoms with Crippen LogP contribution >= 0.6 is 0 Å². The third-order valence-corrected chi connectivity index (χ3v) is 6.15. The standard InChI is InChI=1S/C23H33N3O4/c1-17-7-8-19(23(29)30-2)15-20(17)24-21(27)16-25-13-9-18(10-14-25)22(28)26-11-5-3-4-6-12-26/h7-8,15,18H,3-6,9-14,16H2,1-2H3,(H,24,27). The number of anilines is 1. The molecule has 1 aromatic carbocycles. The monoisotopic (exact) mass is 415 g/mol. The summed E-state index contributed by atoms with van der Waals surface area (Å²) in [6, 6.07) is 5.12. The number of nitrogens with zero attached hydrogens (tertiary/aromatic N) is 2. The molecule has 0 bridgehead atoms. The van der Waals surface area contributed by atoms with E-state index >= 15 is 0 Å². The van der Waals surface area contributed by atoms with Crippen LogP contribution in [-0.2, 0) is 14.3 Å². The Morgan fingerprint density at radius 2 is 1.70 bits per heavy atom. The first-order valence-corrected chi connectivity index (χ1v) is 11.0. The Kier molecular flexibility index (Phi) is 7.85. The maximum Gasteiger partial charge on any atom is 0.337 e. The molecule has 2 aliphatic heterocycles. The zero-order chi connectivity index (χ0) is 21.5. The van der Waals surface area contributed by atoms with E-state index in [1.54, 1.807) is 18.2 Å².